The fourth-order valence-electron chi connectivity index (χ4n) is 1.78. The van der Waals surface area contributed by atoms with Gasteiger partial charge in [0.2, 0.25) is 0 Å². The van der Waals surface area contributed by atoms with Gasteiger partial charge in [-0.25, -0.2) is 0 Å². The topological polar surface area (TPSA) is 52.4 Å². The van der Waals surface area contributed by atoms with Crippen LogP contribution in [0, 0.1) is 22.0 Å². The molecule has 0 bridgehead atoms. The molecule has 4 nitrogen and oxygen atoms in total. The number of alkyl halides is 3. The lowest BCUT2D eigenvalue weighted by Crippen LogP contribution is -2.06. The minimum atomic E-state index is -4.65. The molecule has 0 spiro atoms. The highest BCUT2D eigenvalue weighted by molar-refractivity contribution is 5.55. The molecule has 0 aliphatic heterocycles. The molecule has 2 aromatic carbocycles. The Morgan fingerprint density at radius 2 is 1.74 bits per heavy atom. The molecule has 7 heteroatoms. The quantitative estimate of drug-likeness (QED) is 0.477. The van der Waals surface area contributed by atoms with Crippen LogP contribution in [-0.4, -0.2) is 12.0 Å². The van der Waals surface area contributed by atoms with E-state index in [0.717, 1.165) is 12.1 Å². The second-order valence-electron chi connectivity index (χ2n) is 4.47. The second-order valence-corrected chi connectivity index (χ2v) is 4.47. The first-order valence-electron chi connectivity index (χ1n) is 6.33. The highest BCUT2D eigenvalue weighted by Crippen LogP contribution is 2.32. The third kappa shape index (κ3) is 4.01. The summed E-state index contributed by atoms with van der Waals surface area (Å²) >= 11 is 0. The maximum atomic E-state index is 12.6. The van der Waals surface area contributed by atoms with E-state index in [4.69, 9.17) is 4.74 Å². The van der Waals surface area contributed by atoms with Crippen LogP contribution in [0.3, 0.4) is 0 Å². The van der Waals surface area contributed by atoms with E-state index in [1.807, 2.05) is 0 Å². The molecule has 0 fully saturated rings. The van der Waals surface area contributed by atoms with Crippen LogP contribution < -0.4 is 4.74 Å². The van der Waals surface area contributed by atoms with Crippen LogP contribution in [0.5, 0.6) is 5.75 Å². The Kier molecular flexibility index (Phi) is 4.55. The van der Waals surface area contributed by atoms with Crippen LogP contribution in [0.25, 0.3) is 0 Å². The molecule has 0 aliphatic carbocycles. The summed E-state index contributed by atoms with van der Waals surface area (Å²) < 4.78 is 42.8. The van der Waals surface area contributed by atoms with E-state index in [1.54, 1.807) is 24.3 Å². The zero-order chi connectivity index (χ0) is 17.0. The van der Waals surface area contributed by atoms with Crippen molar-refractivity contribution in [2.45, 2.75) is 6.18 Å². The summed E-state index contributed by atoms with van der Waals surface area (Å²) in [6.07, 6.45) is -4.65. The van der Waals surface area contributed by atoms with E-state index in [-0.39, 0.29) is 5.56 Å². The van der Waals surface area contributed by atoms with Crippen LogP contribution in [0.15, 0.2) is 42.5 Å². The van der Waals surface area contributed by atoms with E-state index < -0.39 is 22.4 Å². The average Bonchev–Trinajstić information content (AvgIpc) is 2.52. The van der Waals surface area contributed by atoms with Crippen LogP contribution in [0.4, 0.5) is 18.9 Å². The summed E-state index contributed by atoms with van der Waals surface area (Å²) in [5, 5.41) is 10.9. The van der Waals surface area contributed by atoms with Crippen molar-refractivity contribution in [3.8, 4) is 17.6 Å². The van der Waals surface area contributed by atoms with Gasteiger partial charge in [0.15, 0.2) is 0 Å². The minimum absolute atomic E-state index is 0.0844. The molecular formula is C16H10F3NO3. The molecule has 0 saturated heterocycles. The fraction of sp³-hybridized carbons (Fsp3) is 0.125. The number of hydrogen-bond donors (Lipinski definition) is 0. The Hall–Kier alpha value is -3.01. The van der Waals surface area contributed by atoms with Gasteiger partial charge in [0.1, 0.15) is 11.3 Å². The van der Waals surface area contributed by atoms with Gasteiger partial charge in [0.05, 0.1) is 17.6 Å². The van der Waals surface area contributed by atoms with Crippen LogP contribution in [0.1, 0.15) is 16.7 Å². The van der Waals surface area contributed by atoms with Crippen LogP contribution >= 0.6 is 0 Å². The van der Waals surface area contributed by atoms with Crippen molar-refractivity contribution in [3.63, 3.8) is 0 Å². The van der Waals surface area contributed by atoms with Gasteiger partial charge < -0.3 is 4.74 Å². The van der Waals surface area contributed by atoms with Gasteiger partial charge in [-0.3, -0.25) is 10.1 Å². The number of hydrogen-bond acceptors (Lipinski definition) is 3. The smallest absolute Gasteiger partial charge is 0.416 e. The van der Waals surface area contributed by atoms with E-state index in [9.17, 15) is 23.3 Å². The Bertz CT molecular complexity index is 787. The second kappa shape index (κ2) is 6.40. The Morgan fingerprint density at radius 3 is 2.26 bits per heavy atom. The molecule has 0 N–H and O–H groups in total. The van der Waals surface area contributed by atoms with Crippen molar-refractivity contribution in [2.75, 3.05) is 7.11 Å². The lowest BCUT2D eigenvalue weighted by molar-refractivity contribution is -0.385. The summed E-state index contributed by atoms with van der Waals surface area (Å²) in [5.74, 6) is 5.82. The van der Waals surface area contributed by atoms with Gasteiger partial charge in [0.25, 0.3) is 5.69 Å². The predicted octanol–water partition coefficient (Wildman–Crippen LogP) is 4.02. The Balaban J connectivity index is 2.40. The molecule has 0 atom stereocenters. The number of nitrogens with zero attached hydrogens (tertiary/aromatic N) is 1. The largest absolute Gasteiger partial charge is 0.497 e. The van der Waals surface area contributed by atoms with Gasteiger partial charge in [0, 0.05) is 11.6 Å². The molecule has 23 heavy (non-hydrogen) atoms. The SMILES string of the molecule is COc1ccc(C#Cc2ccc(C(F)(F)F)cc2[N+](=O)[O-])cc1. The monoisotopic (exact) mass is 321 g/mol. The zero-order valence-electron chi connectivity index (χ0n) is 11.8. The zero-order valence-corrected chi connectivity index (χ0v) is 11.8. The molecule has 2 rings (SSSR count). The maximum Gasteiger partial charge on any atom is 0.416 e. The van der Waals surface area contributed by atoms with Gasteiger partial charge in [-0.05, 0) is 36.4 Å². The molecule has 0 amide bonds. The number of ether oxygens (including phenoxy) is 1. The van der Waals surface area contributed by atoms with Crippen molar-refractivity contribution in [2.24, 2.45) is 0 Å². The lowest BCUT2D eigenvalue weighted by Gasteiger charge is -2.06. The molecule has 0 saturated carbocycles. The maximum absolute atomic E-state index is 12.6. The molecule has 0 radical (unpaired) electrons. The number of rotatable bonds is 2. The summed E-state index contributed by atoms with van der Waals surface area (Å²) in [6, 6.07) is 8.85. The Labute approximate surface area is 129 Å². The number of halogens is 3. The molecule has 0 aromatic heterocycles. The number of benzene rings is 2. The Morgan fingerprint density at radius 1 is 1.09 bits per heavy atom. The van der Waals surface area contributed by atoms with Gasteiger partial charge in [-0.2, -0.15) is 13.2 Å². The minimum Gasteiger partial charge on any atom is -0.497 e. The predicted molar refractivity (Wildman–Crippen MR) is 77.1 cm³/mol. The van der Waals surface area contributed by atoms with E-state index in [0.29, 0.717) is 17.4 Å². The van der Waals surface area contributed by atoms with Gasteiger partial charge in [-0.1, -0.05) is 11.8 Å². The van der Waals surface area contributed by atoms with Crippen molar-refractivity contribution in [1.82, 2.24) is 0 Å². The van der Waals surface area contributed by atoms with Crippen LogP contribution in [0.2, 0.25) is 0 Å². The summed E-state index contributed by atoms with van der Waals surface area (Å²) in [5.41, 5.74) is -1.29. The molecular weight excluding hydrogens is 311 g/mol. The first kappa shape index (κ1) is 16.4. The van der Waals surface area contributed by atoms with Crippen molar-refractivity contribution >= 4 is 5.69 Å². The summed E-state index contributed by atoms with van der Waals surface area (Å²) in [4.78, 5) is 10.1. The summed E-state index contributed by atoms with van der Waals surface area (Å²) in [7, 11) is 1.51. The molecule has 0 aliphatic rings. The highest BCUT2D eigenvalue weighted by atomic mass is 19.4. The highest BCUT2D eigenvalue weighted by Gasteiger charge is 2.32. The average molecular weight is 321 g/mol. The number of nitro benzene ring substituents is 1. The fourth-order valence-corrected chi connectivity index (χ4v) is 1.78. The van der Waals surface area contributed by atoms with Gasteiger partial charge in [-0.15, -0.1) is 0 Å². The van der Waals surface area contributed by atoms with E-state index >= 15 is 0 Å². The van der Waals surface area contributed by atoms with Crippen LogP contribution in [-0.2, 0) is 6.18 Å². The molecule has 0 unspecified atom stereocenters. The third-order valence-electron chi connectivity index (χ3n) is 2.95. The first-order valence-corrected chi connectivity index (χ1v) is 6.33. The van der Waals surface area contributed by atoms with Crippen molar-refractivity contribution < 1.29 is 22.8 Å². The first-order chi connectivity index (χ1) is 10.8. The van der Waals surface area contributed by atoms with Crippen molar-refractivity contribution in [1.29, 1.82) is 0 Å². The van der Waals surface area contributed by atoms with E-state index in [2.05, 4.69) is 11.8 Å². The molecule has 118 valence electrons. The summed E-state index contributed by atoms with van der Waals surface area (Å²) in [6.45, 7) is 0. The molecule has 2 aromatic rings. The van der Waals surface area contributed by atoms with E-state index in [1.165, 1.54) is 7.11 Å². The third-order valence-corrected chi connectivity index (χ3v) is 2.95. The number of methoxy groups -OCH3 is 1. The van der Waals surface area contributed by atoms with Crippen molar-refractivity contribution in [3.05, 3.63) is 69.3 Å². The normalized spacial score (nSPS) is 10.6. The lowest BCUT2D eigenvalue weighted by atomic mass is 10.1. The van der Waals surface area contributed by atoms with Gasteiger partial charge >= 0.3 is 6.18 Å². The number of nitro groups is 1. The molecule has 0 heterocycles. The standard InChI is InChI=1S/C16H10F3NO3/c1-23-14-8-3-11(4-9-14)2-5-12-6-7-13(16(17,18)19)10-15(12)20(21)22/h3-4,6-10H,1H3.